The van der Waals surface area contributed by atoms with Crippen molar-refractivity contribution in [2.75, 3.05) is 33.5 Å². The second-order valence-corrected chi connectivity index (χ2v) is 9.94. The van der Waals surface area contributed by atoms with Gasteiger partial charge in [0.2, 0.25) is 0 Å². The standard InChI is InChI=1S/C22H44NO9P/c1-18(2)12-10-8-6-4-5-7-9-11-13-20(29-3)16-30-14-19(24)15-31-33(27,28)32-17-21(23)22(25)26/h5,7,18-21,24H,4,6,8-17,23H2,1-3H3,(H,25,26)(H,27,28)/b7-5-/t19-,20?,21+/m1/s1. The Morgan fingerprint density at radius 2 is 1.61 bits per heavy atom. The van der Waals surface area contributed by atoms with E-state index in [4.69, 9.17) is 20.3 Å². The van der Waals surface area contributed by atoms with Gasteiger partial charge in [0.25, 0.3) is 0 Å². The lowest BCUT2D eigenvalue weighted by molar-refractivity contribution is -0.139. The van der Waals surface area contributed by atoms with E-state index in [1.165, 1.54) is 25.7 Å². The molecule has 0 saturated carbocycles. The minimum absolute atomic E-state index is 0.118. The number of carbonyl (C=O) groups is 1. The normalized spacial score (nSPS) is 16.7. The molecule has 0 amide bonds. The molecule has 0 rings (SSSR count). The summed E-state index contributed by atoms with van der Waals surface area (Å²) in [6.07, 6.45) is 12.1. The number of phosphoric acid groups is 1. The van der Waals surface area contributed by atoms with E-state index >= 15 is 0 Å². The Labute approximate surface area is 198 Å². The summed E-state index contributed by atoms with van der Waals surface area (Å²) in [4.78, 5) is 20.0. The third-order valence-corrected chi connectivity index (χ3v) is 5.78. The summed E-state index contributed by atoms with van der Waals surface area (Å²) in [6, 6.07) is -1.46. The lowest BCUT2D eigenvalue weighted by Crippen LogP contribution is -2.34. The van der Waals surface area contributed by atoms with Crippen molar-refractivity contribution in [3.8, 4) is 0 Å². The lowest BCUT2D eigenvalue weighted by atomic mass is 10.0. The van der Waals surface area contributed by atoms with Crippen LogP contribution in [-0.4, -0.2) is 72.9 Å². The third-order valence-electron chi connectivity index (χ3n) is 4.83. The maximum Gasteiger partial charge on any atom is 0.472 e. The fourth-order valence-corrected chi connectivity index (χ4v) is 3.59. The molecule has 0 fully saturated rings. The molecule has 0 aliphatic heterocycles. The van der Waals surface area contributed by atoms with Crippen LogP contribution in [0.1, 0.15) is 65.2 Å². The van der Waals surface area contributed by atoms with Gasteiger partial charge in [-0.25, -0.2) is 4.57 Å². The second kappa shape index (κ2) is 19.5. The molecule has 196 valence electrons. The highest BCUT2D eigenvalue weighted by Gasteiger charge is 2.25. The molecule has 4 atom stereocenters. The van der Waals surface area contributed by atoms with Crippen LogP contribution in [0.5, 0.6) is 0 Å². The summed E-state index contributed by atoms with van der Waals surface area (Å²) < 4.78 is 31.5. The van der Waals surface area contributed by atoms with Crippen molar-refractivity contribution in [3.05, 3.63) is 12.2 Å². The van der Waals surface area contributed by atoms with Crippen LogP contribution < -0.4 is 5.73 Å². The smallest absolute Gasteiger partial charge is 0.472 e. The number of phosphoric ester groups is 1. The van der Waals surface area contributed by atoms with Gasteiger partial charge in [-0.15, -0.1) is 0 Å². The van der Waals surface area contributed by atoms with Gasteiger partial charge in [0.1, 0.15) is 12.1 Å². The van der Waals surface area contributed by atoms with Crippen LogP contribution in [-0.2, 0) is 27.9 Å². The van der Waals surface area contributed by atoms with Gasteiger partial charge in [-0.05, 0) is 38.0 Å². The first-order chi connectivity index (χ1) is 15.6. The van der Waals surface area contributed by atoms with E-state index in [1.807, 2.05) is 0 Å². The van der Waals surface area contributed by atoms with Crippen LogP contribution in [0.4, 0.5) is 0 Å². The molecule has 33 heavy (non-hydrogen) atoms. The number of hydrogen-bond acceptors (Lipinski definition) is 8. The fourth-order valence-electron chi connectivity index (χ4n) is 2.81. The molecule has 0 spiro atoms. The predicted octanol–water partition coefficient (Wildman–Crippen LogP) is 3.26. The van der Waals surface area contributed by atoms with E-state index in [-0.39, 0.29) is 19.3 Å². The van der Waals surface area contributed by atoms with E-state index < -0.39 is 39.2 Å². The Morgan fingerprint density at radius 3 is 2.21 bits per heavy atom. The zero-order valence-electron chi connectivity index (χ0n) is 20.3. The fraction of sp³-hybridized carbons (Fsp3) is 0.864. The number of hydrogen-bond donors (Lipinski definition) is 4. The Bertz CT molecular complexity index is 574. The number of carboxylic acids is 1. The molecule has 2 unspecified atom stereocenters. The molecule has 0 aliphatic rings. The number of ether oxygens (including phenoxy) is 2. The van der Waals surface area contributed by atoms with Crippen molar-refractivity contribution in [2.45, 2.75) is 83.5 Å². The summed E-state index contributed by atoms with van der Waals surface area (Å²) in [6.45, 7) is 3.45. The first-order valence-corrected chi connectivity index (χ1v) is 13.1. The summed E-state index contributed by atoms with van der Waals surface area (Å²) in [5.74, 6) is -0.593. The minimum Gasteiger partial charge on any atom is -0.480 e. The largest absolute Gasteiger partial charge is 0.480 e. The molecule has 0 aromatic carbocycles. The molecule has 0 radical (unpaired) electrons. The van der Waals surface area contributed by atoms with Crippen molar-refractivity contribution in [3.63, 3.8) is 0 Å². The van der Waals surface area contributed by atoms with Gasteiger partial charge in [-0.2, -0.15) is 0 Å². The van der Waals surface area contributed by atoms with Gasteiger partial charge in [-0.3, -0.25) is 13.8 Å². The molecule has 0 bridgehead atoms. The van der Waals surface area contributed by atoms with Crippen LogP contribution in [0.15, 0.2) is 12.2 Å². The first kappa shape index (κ1) is 32.2. The topological polar surface area (TPSA) is 158 Å². The Kier molecular flexibility index (Phi) is 19.0. The predicted molar refractivity (Wildman–Crippen MR) is 126 cm³/mol. The highest BCUT2D eigenvalue weighted by Crippen LogP contribution is 2.43. The van der Waals surface area contributed by atoms with Gasteiger partial charge < -0.3 is 30.3 Å². The molecule has 11 heteroatoms. The summed E-state index contributed by atoms with van der Waals surface area (Å²) in [5, 5.41) is 18.4. The van der Waals surface area contributed by atoms with Crippen LogP contribution in [0.2, 0.25) is 0 Å². The van der Waals surface area contributed by atoms with Crippen LogP contribution >= 0.6 is 7.82 Å². The van der Waals surface area contributed by atoms with E-state index in [9.17, 15) is 19.4 Å². The van der Waals surface area contributed by atoms with E-state index in [1.54, 1.807) is 7.11 Å². The number of allylic oxidation sites excluding steroid dienone is 2. The van der Waals surface area contributed by atoms with Crippen molar-refractivity contribution in [2.24, 2.45) is 11.7 Å². The molecule has 0 saturated heterocycles. The summed E-state index contributed by atoms with van der Waals surface area (Å²) in [5.41, 5.74) is 5.18. The Balaban J connectivity index is 3.86. The number of methoxy groups -OCH3 is 1. The molecule has 0 aromatic rings. The number of rotatable bonds is 22. The quantitative estimate of drug-likeness (QED) is 0.0994. The lowest BCUT2D eigenvalue weighted by Gasteiger charge is -2.18. The SMILES string of the molecule is COC(CCC/C=C\CCCCCC(C)C)COC[C@@H](O)COP(=O)(O)OC[C@H](N)C(=O)O. The zero-order valence-corrected chi connectivity index (χ0v) is 21.2. The average molecular weight is 498 g/mol. The first-order valence-electron chi connectivity index (χ1n) is 11.6. The summed E-state index contributed by atoms with van der Waals surface area (Å²) in [7, 11) is -2.92. The van der Waals surface area contributed by atoms with Gasteiger partial charge in [-0.1, -0.05) is 45.3 Å². The molecular formula is C22H44NO9P. The van der Waals surface area contributed by atoms with Gasteiger partial charge in [0.15, 0.2) is 0 Å². The van der Waals surface area contributed by atoms with E-state index in [0.717, 1.165) is 31.6 Å². The van der Waals surface area contributed by atoms with Crippen LogP contribution in [0, 0.1) is 5.92 Å². The third kappa shape index (κ3) is 20.3. The van der Waals surface area contributed by atoms with Crippen LogP contribution in [0.25, 0.3) is 0 Å². The molecular weight excluding hydrogens is 453 g/mol. The van der Waals surface area contributed by atoms with Crippen LogP contribution in [0.3, 0.4) is 0 Å². The van der Waals surface area contributed by atoms with Gasteiger partial charge in [0, 0.05) is 7.11 Å². The highest BCUT2D eigenvalue weighted by atomic mass is 31.2. The van der Waals surface area contributed by atoms with Gasteiger partial charge in [0.05, 0.1) is 32.5 Å². The molecule has 0 aliphatic carbocycles. The number of nitrogens with two attached hydrogens (primary N) is 1. The Morgan fingerprint density at radius 1 is 0.970 bits per heavy atom. The number of aliphatic carboxylic acids is 1. The zero-order chi connectivity index (χ0) is 25.1. The maximum atomic E-state index is 11.6. The van der Waals surface area contributed by atoms with E-state index in [2.05, 4.69) is 35.0 Å². The number of aliphatic hydroxyl groups excluding tert-OH is 1. The second-order valence-electron chi connectivity index (χ2n) is 8.49. The molecule has 10 nitrogen and oxygen atoms in total. The monoisotopic (exact) mass is 497 g/mol. The molecule has 0 aromatic heterocycles. The van der Waals surface area contributed by atoms with Crippen molar-refractivity contribution < 1.29 is 43.0 Å². The maximum absolute atomic E-state index is 11.6. The van der Waals surface area contributed by atoms with Crippen molar-refractivity contribution >= 4 is 13.8 Å². The minimum atomic E-state index is -4.52. The van der Waals surface area contributed by atoms with Crippen molar-refractivity contribution in [1.29, 1.82) is 0 Å². The number of carboxylic acid groups (broad SMARTS) is 1. The summed E-state index contributed by atoms with van der Waals surface area (Å²) >= 11 is 0. The van der Waals surface area contributed by atoms with Crippen molar-refractivity contribution in [1.82, 2.24) is 0 Å². The van der Waals surface area contributed by atoms with E-state index in [0.29, 0.717) is 0 Å². The molecule has 0 heterocycles. The Hall–Kier alpha value is -0.840. The number of unbranched alkanes of at least 4 members (excludes halogenated alkanes) is 4. The molecule has 5 N–H and O–H groups in total. The number of aliphatic hydroxyl groups is 1. The average Bonchev–Trinajstić information content (AvgIpc) is 2.75. The van der Waals surface area contributed by atoms with Gasteiger partial charge >= 0.3 is 13.8 Å². The highest BCUT2D eigenvalue weighted by molar-refractivity contribution is 7.47.